The molecule has 1 amide bonds. The van der Waals surface area contributed by atoms with Gasteiger partial charge in [0.2, 0.25) is 5.91 Å². The second-order valence-electron chi connectivity index (χ2n) is 5.71. The van der Waals surface area contributed by atoms with E-state index in [1.165, 1.54) is 11.8 Å². The summed E-state index contributed by atoms with van der Waals surface area (Å²) >= 11 is 1.37. The van der Waals surface area contributed by atoms with Crippen LogP contribution in [0.15, 0.2) is 59.8 Å². The maximum atomic E-state index is 12.5. The van der Waals surface area contributed by atoms with Crippen LogP contribution in [0.25, 0.3) is 11.4 Å². The van der Waals surface area contributed by atoms with E-state index in [9.17, 15) is 4.79 Å². The lowest BCUT2D eigenvalue weighted by atomic mass is 10.2. The third-order valence-electron chi connectivity index (χ3n) is 3.86. The molecular weight excluding hydrogens is 348 g/mol. The number of anilines is 1. The number of thioether (sulfide) groups is 1. The Labute approximate surface area is 156 Å². The largest absolute Gasteiger partial charge is 0.497 e. The number of ether oxygens (including phenoxy) is 1. The quantitative estimate of drug-likeness (QED) is 0.673. The highest BCUT2D eigenvalue weighted by atomic mass is 32.2. The molecule has 0 saturated carbocycles. The van der Waals surface area contributed by atoms with Gasteiger partial charge in [0.1, 0.15) is 5.75 Å². The van der Waals surface area contributed by atoms with Crippen LogP contribution in [-0.2, 0) is 11.8 Å². The zero-order chi connectivity index (χ0) is 18.5. The summed E-state index contributed by atoms with van der Waals surface area (Å²) in [4.78, 5) is 12.5. The molecule has 1 atom stereocenters. The maximum Gasteiger partial charge on any atom is 0.237 e. The minimum absolute atomic E-state index is 0.104. The van der Waals surface area contributed by atoms with Crippen LogP contribution in [0.5, 0.6) is 5.75 Å². The minimum Gasteiger partial charge on any atom is -0.497 e. The fraction of sp³-hybridized carbons (Fsp3) is 0.211. The molecule has 7 heteroatoms. The van der Waals surface area contributed by atoms with E-state index in [0.717, 1.165) is 11.4 Å². The van der Waals surface area contributed by atoms with Crippen LogP contribution in [0.2, 0.25) is 0 Å². The SMILES string of the molecule is COc1cccc(NC(=O)[C@@H](C)Sc2nnc(-c3ccccc3)n2C)c1. The van der Waals surface area contributed by atoms with Crippen molar-refractivity contribution < 1.29 is 9.53 Å². The van der Waals surface area contributed by atoms with Gasteiger partial charge in [-0.3, -0.25) is 4.79 Å². The molecular formula is C19H20N4O2S. The van der Waals surface area contributed by atoms with Crippen molar-refractivity contribution in [1.82, 2.24) is 14.8 Å². The van der Waals surface area contributed by atoms with E-state index in [4.69, 9.17) is 4.74 Å². The van der Waals surface area contributed by atoms with Crippen LogP contribution < -0.4 is 10.1 Å². The maximum absolute atomic E-state index is 12.5. The van der Waals surface area contributed by atoms with E-state index < -0.39 is 0 Å². The first-order chi connectivity index (χ1) is 12.6. The van der Waals surface area contributed by atoms with Crippen molar-refractivity contribution in [2.45, 2.75) is 17.3 Å². The Morgan fingerprint density at radius 1 is 1.15 bits per heavy atom. The molecule has 0 bridgehead atoms. The fourth-order valence-electron chi connectivity index (χ4n) is 2.41. The number of methoxy groups -OCH3 is 1. The first-order valence-electron chi connectivity index (χ1n) is 8.15. The lowest BCUT2D eigenvalue weighted by Gasteiger charge is -2.12. The molecule has 0 aliphatic rings. The van der Waals surface area contributed by atoms with Gasteiger partial charge < -0.3 is 14.6 Å². The Bertz CT molecular complexity index is 896. The third-order valence-corrected chi connectivity index (χ3v) is 4.99. The topological polar surface area (TPSA) is 69.0 Å². The summed E-state index contributed by atoms with van der Waals surface area (Å²) in [6.07, 6.45) is 0. The van der Waals surface area contributed by atoms with Crippen molar-refractivity contribution in [3.05, 3.63) is 54.6 Å². The number of nitrogens with zero attached hydrogens (tertiary/aromatic N) is 3. The van der Waals surface area contributed by atoms with Crippen molar-refractivity contribution in [2.75, 3.05) is 12.4 Å². The summed E-state index contributed by atoms with van der Waals surface area (Å²) in [7, 11) is 3.50. The van der Waals surface area contributed by atoms with Gasteiger partial charge in [-0.1, -0.05) is 48.2 Å². The van der Waals surface area contributed by atoms with Crippen molar-refractivity contribution in [3.8, 4) is 17.1 Å². The first-order valence-corrected chi connectivity index (χ1v) is 9.03. The highest BCUT2D eigenvalue weighted by molar-refractivity contribution is 8.00. The average Bonchev–Trinajstić information content (AvgIpc) is 3.03. The molecule has 3 aromatic rings. The van der Waals surface area contributed by atoms with Gasteiger partial charge in [-0.25, -0.2) is 0 Å². The van der Waals surface area contributed by atoms with Crippen LogP contribution >= 0.6 is 11.8 Å². The zero-order valence-electron chi connectivity index (χ0n) is 14.8. The van der Waals surface area contributed by atoms with Crippen LogP contribution in [0.3, 0.4) is 0 Å². The van der Waals surface area contributed by atoms with E-state index in [0.29, 0.717) is 16.6 Å². The molecule has 2 aromatic carbocycles. The molecule has 1 aromatic heterocycles. The summed E-state index contributed by atoms with van der Waals surface area (Å²) in [5.41, 5.74) is 1.69. The monoisotopic (exact) mass is 368 g/mol. The van der Waals surface area contributed by atoms with Crippen molar-refractivity contribution in [3.63, 3.8) is 0 Å². The second kappa shape index (κ2) is 8.05. The minimum atomic E-state index is -0.326. The number of aromatic nitrogens is 3. The predicted octanol–water partition coefficient (Wildman–Crippen LogP) is 3.61. The van der Waals surface area contributed by atoms with Gasteiger partial charge in [0.05, 0.1) is 12.4 Å². The average molecular weight is 368 g/mol. The predicted molar refractivity (Wildman–Crippen MR) is 103 cm³/mol. The Balaban J connectivity index is 1.69. The van der Waals surface area contributed by atoms with Crippen molar-refractivity contribution in [2.24, 2.45) is 7.05 Å². The third kappa shape index (κ3) is 4.05. The van der Waals surface area contributed by atoms with E-state index in [2.05, 4.69) is 15.5 Å². The zero-order valence-corrected chi connectivity index (χ0v) is 15.7. The number of hydrogen-bond donors (Lipinski definition) is 1. The Morgan fingerprint density at radius 2 is 1.92 bits per heavy atom. The lowest BCUT2D eigenvalue weighted by Crippen LogP contribution is -2.22. The molecule has 0 spiro atoms. The van der Waals surface area contributed by atoms with Crippen molar-refractivity contribution in [1.29, 1.82) is 0 Å². The molecule has 1 heterocycles. The van der Waals surface area contributed by atoms with Crippen LogP contribution in [0, 0.1) is 0 Å². The van der Waals surface area contributed by atoms with Gasteiger partial charge in [-0.2, -0.15) is 0 Å². The number of carbonyl (C=O) groups is 1. The summed E-state index contributed by atoms with van der Waals surface area (Å²) in [5, 5.41) is 11.7. The molecule has 26 heavy (non-hydrogen) atoms. The van der Waals surface area contributed by atoms with Gasteiger partial charge in [0.15, 0.2) is 11.0 Å². The standard InChI is InChI=1S/C19H20N4O2S/c1-13(18(24)20-15-10-7-11-16(12-15)25-3)26-19-22-21-17(23(19)2)14-8-5-4-6-9-14/h4-13H,1-3H3,(H,20,24)/t13-/m1/s1. The molecule has 0 aliphatic heterocycles. The van der Waals surface area contributed by atoms with E-state index in [1.807, 2.05) is 67.1 Å². The number of hydrogen-bond acceptors (Lipinski definition) is 5. The highest BCUT2D eigenvalue weighted by Crippen LogP contribution is 2.26. The molecule has 0 unspecified atom stereocenters. The van der Waals surface area contributed by atoms with Gasteiger partial charge in [-0.15, -0.1) is 10.2 Å². The first kappa shape index (κ1) is 18.0. The Hall–Kier alpha value is -2.80. The van der Waals surface area contributed by atoms with Crippen molar-refractivity contribution >= 4 is 23.4 Å². The molecule has 0 fully saturated rings. The highest BCUT2D eigenvalue weighted by Gasteiger charge is 2.19. The summed E-state index contributed by atoms with van der Waals surface area (Å²) < 4.78 is 7.07. The number of benzene rings is 2. The van der Waals surface area contributed by atoms with Gasteiger partial charge >= 0.3 is 0 Å². The molecule has 134 valence electrons. The summed E-state index contributed by atoms with van der Waals surface area (Å²) in [6.45, 7) is 1.84. The van der Waals surface area contributed by atoms with Crippen LogP contribution in [-0.4, -0.2) is 33.0 Å². The number of rotatable bonds is 6. The molecule has 0 aliphatic carbocycles. The number of carbonyl (C=O) groups excluding carboxylic acids is 1. The fourth-order valence-corrected chi connectivity index (χ4v) is 3.23. The molecule has 0 radical (unpaired) electrons. The molecule has 3 rings (SSSR count). The second-order valence-corrected chi connectivity index (χ2v) is 7.02. The molecule has 1 N–H and O–H groups in total. The van der Waals surface area contributed by atoms with E-state index >= 15 is 0 Å². The van der Waals surface area contributed by atoms with Gasteiger partial charge in [0.25, 0.3) is 0 Å². The Kier molecular flexibility index (Phi) is 5.58. The van der Waals surface area contributed by atoms with Crippen LogP contribution in [0.1, 0.15) is 6.92 Å². The smallest absolute Gasteiger partial charge is 0.237 e. The summed E-state index contributed by atoms with van der Waals surface area (Å²) in [5.74, 6) is 1.37. The van der Waals surface area contributed by atoms with E-state index in [1.54, 1.807) is 13.2 Å². The molecule has 6 nitrogen and oxygen atoms in total. The summed E-state index contributed by atoms with van der Waals surface area (Å²) in [6, 6.07) is 17.1. The van der Waals surface area contributed by atoms with E-state index in [-0.39, 0.29) is 11.2 Å². The number of nitrogens with one attached hydrogen (secondary N) is 1. The molecule has 0 saturated heterocycles. The Morgan fingerprint density at radius 3 is 2.65 bits per heavy atom. The normalized spacial score (nSPS) is 11.8. The number of amides is 1. The van der Waals surface area contributed by atoms with Crippen LogP contribution in [0.4, 0.5) is 5.69 Å². The van der Waals surface area contributed by atoms with Gasteiger partial charge in [-0.05, 0) is 19.1 Å². The lowest BCUT2D eigenvalue weighted by molar-refractivity contribution is -0.115. The van der Waals surface area contributed by atoms with Gasteiger partial charge in [0, 0.05) is 24.4 Å².